The number of nitrogens with zero attached hydrogens (tertiary/aromatic N) is 6. The highest BCUT2D eigenvalue weighted by atomic mass is 16.5. The molecule has 1 amide bonds. The lowest BCUT2D eigenvalue weighted by Crippen LogP contribution is -2.60. The van der Waals surface area contributed by atoms with Gasteiger partial charge in [0.05, 0.1) is 22.8 Å². The van der Waals surface area contributed by atoms with Gasteiger partial charge in [-0.1, -0.05) is 25.1 Å². The Labute approximate surface area is 181 Å². The van der Waals surface area contributed by atoms with Crippen LogP contribution in [0.25, 0.3) is 0 Å². The number of benzene rings is 1. The number of tetrazole rings is 1. The van der Waals surface area contributed by atoms with Crippen LogP contribution in [0.1, 0.15) is 37.2 Å². The molecule has 0 saturated carbocycles. The van der Waals surface area contributed by atoms with E-state index >= 15 is 0 Å². The third-order valence-electron chi connectivity index (χ3n) is 5.79. The number of carbonyl (C=O) groups is 1. The zero-order valence-corrected chi connectivity index (χ0v) is 17.7. The van der Waals surface area contributed by atoms with Crippen LogP contribution in [0.2, 0.25) is 0 Å². The first-order valence-corrected chi connectivity index (χ1v) is 10.4. The Morgan fingerprint density at radius 3 is 2.47 bits per heavy atom. The number of aromatic nitrogens is 4. The highest BCUT2D eigenvalue weighted by Crippen LogP contribution is 2.34. The normalized spacial score (nSPS) is 18.4. The summed E-state index contributed by atoms with van der Waals surface area (Å²) in [7, 11) is -2.55. The lowest BCUT2D eigenvalue weighted by atomic mass is 9.85. The molecule has 0 bridgehead atoms. The number of anilines is 1. The molecule has 1 aliphatic heterocycles. The minimum Gasteiger partial charge on any atom is -0.382 e. The van der Waals surface area contributed by atoms with Crippen molar-refractivity contribution in [1.82, 2.24) is 24.7 Å². The van der Waals surface area contributed by atoms with Gasteiger partial charge in [-0.2, -0.15) is 9.36 Å². The van der Waals surface area contributed by atoms with E-state index in [1.165, 1.54) is 9.36 Å². The van der Waals surface area contributed by atoms with E-state index in [2.05, 4.69) is 15.3 Å². The minimum atomic E-state index is -2.55. The number of piperidine rings is 1. The molecule has 0 radical (unpaired) electrons. The number of hydrogen-bond acceptors (Lipinski definition) is 6. The van der Waals surface area contributed by atoms with Crippen molar-refractivity contribution >= 4 is 11.6 Å². The summed E-state index contributed by atoms with van der Waals surface area (Å²) in [5.74, 6) is -0.0773. The van der Waals surface area contributed by atoms with Crippen LogP contribution < -0.4 is 10.6 Å². The largest absolute Gasteiger partial charge is 0.382 e. The zero-order chi connectivity index (χ0) is 24.1. The van der Waals surface area contributed by atoms with Crippen LogP contribution in [-0.2, 0) is 22.6 Å². The number of rotatable bonds is 9. The Hall–Kier alpha value is -2.52. The summed E-state index contributed by atoms with van der Waals surface area (Å²) in [6.45, 7) is 6.29. The fraction of sp³-hybridized carbons (Fsp3) is 0.619. The molecule has 1 aliphatic rings. The fourth-order valence-corrected chi connectivity index (χ4v) is 4.06. The van der Waals surface area contributed by atoms with Gasteiger partial charge in [-0.3, -0.25) is 4.79 Å². The summed E-state index contributed by atoms with van der Waals surface area (Å²) < 4.78 is 30.5. The molecule has 1 aromatic heterocycles. The Morgan fingerprint density at radius 2 is 1.87 bits per heavy atom. The predicted molar refractivity (Wildman–Crippen MR) is 114 cm³/mol. The number of methoxy groups -OCH3 is 1. The van der Waals surface area contributed by atoms with E-state index in [1.807, 2.05) is 37.3 Å². The molecule has 2 heterocycles. The molecular formula is C21H32N6O3. The van der Waals surface area contributed by atoms with Crippen molar-refractivity contribution in [2.45, 2.75) is 51.7 Å². The molecular weight excluding hydrogens is 384 g/mol. The number of hydrogen-bond donors (Lipinski definition) is 0. The van der Waals surface area contributed by atoms with Gasteiger partial charge in [-0.25, -0.2) is 4.79 Å². The van der Waals surface area contributed by atoms with Gasteiger partial charge in [-0.05, 0) is 42.3 Å². The van der Waals surface area contributed by atoms with E-state index in [0.29, 0.717) is 52.0 Å². The minimum absolute atomic E-state index is 0.0773. The van der Waals surface area contributed by atoms with E-state index in [0.717, 1.165) is 5.69 Å². The summed E-state index contributed by atoms with van der Waals surface area (Å²) in [5.41, 5.74) is -0.282. The van der Waals surface area contributed by atoms with Crippen LogP contribution in [0.5, 0.6) is 0 Å². The van der Waals surface area contributed by atoms with Crippen molar-refractivity contribution in [2.75, 3.05) is 38.2 Å². The molecule has 1 saturated heterocycles. The van der Waals surface area contributed by atoms with E-state index < -0.39 is 12.6 Å². The second kappa shape index (κ2) is 9.99. The average molecular weight is 420 g/mol. The molecule has 0 unspecified atom stereocenters. The van der Waals surface area contributed by atoms with Crippen LogP contribution in [0, 0.1) is 0 Å². The molecule has 164 valence electrons. The summed E-state index contributed by atoms with van der Waals surface area (Å²) in [6.07, 6.45) is 1.38. The van der Waals surface area contributed by atoms with Crippen molar-refractivity contribution in [2.24, 2.45) is 0 Å². The third kappa shape index (κ3) is 4.62. The average Bonchev–Trinajstić information content (AvgIpc) is 3.17. The molecule has 0 atom stereocenters. The Morgan fingerprint density at radius 1 is 1.17 bits per heavy atom. The Kier molecular flexibility index (Phi) is 6.08. The quantitative estimate of drug-likeness (QED) is 0.611. The first kappa shape index (κ1) is 18.3. The molecule has 30 heavy (non-hydrogen) atoms. The SMILES string of the molecule is [2H]C([2H])([2H])OCC1(N(C(=O)CC)c2ccccc2)CCN(CCn2nnn(CC)c2=O)CC1. The van der Waals surface area contributed by atoms with Crippen molar-refractivity contribution in [3.05, 3.63) is 40.8 Å². The number of ether oxygens (including phenoxy) is 1. The molecule has 1 fully saturated rings. The second-order valence-electron chi connectivity index (χ2n) is 7.57. The smallest absolute Gasteiger partial charge is 0.363 e. The van der Waals surface area contributed by atoms with Crippen molar-refractivity contribution in [3.8, 4) is 0 Å². The van der Waals surface area contributed by atoms with Crippen LogP contribution in [0.4, 0.5) is 5.69 Å². The summed E-state index contributed by atoms with van der Waals surface area (Å²) >= 11 is 0. The molecule has 2 aromatic rings. The van der Waals surface area contributed by atoms with Gasteiger partial charge >= 0.3 is 5.69 Å². The van der Waals surface area contributed by atoms with Crippen molar-refractivity contribution < 1.29 is 13.6 Å². The van der Waals surface area contributed by atoms with E-state index in [-0.39, 0.29) is 18.2 Å². The molecule has 0 N–H and O–H groups in total. The Balaban J connectivity index is 1.78. The lowest BCUT2D eigenvalue weighted by molar-refractivity contribution is -0.120. The third-order valence-corrected chi connectivity index (χ3v) is 5.79. The van der Waals surface area contributed by atoms with Gasteiger partial charge in [0.1, 0.15) is 0 Å². The number of amides is 1. The van der Waals surface area contributed by atoms with E-state index in [9.17, 15) is 9.59 Å². The molecule has 0 aliphatic carbocycles. The first-order chi connectivity index (χ1) is 15.7. The second-order valence-corrected chi connectivity index (χ2v) is 7.57. The van der Waals surface area contributed by atoms with Gasteiger partial charge in [0.25, 0.3) is 0 Å². The molecule has 1 aromatic carbocycles. The van der Waals surface area contributed by atoms with E-state index in [1.54, 1.807) is 11.8 Å². The van der Waals surface area contributed by atoms with E-state index in [4.69, 9.17) is 8.85 Å². The van der Waals surface area contributed by atoms with Crippen molar-refractivity contribution in [3.63, 3.8) is 0 Å². The highest BCUT2D eigenvalue weighted by Gasteiger charge is 2.42. The molecule has 0 spiro atoms. The lowest BCUT2D eigenvalue weighted by Gasteiger charge is -2.48. The summed E-state index contributed by atoms with van der Waals surface area (Å²) in [4.78, 5) is 29.2. The molecule has 9 nitrogen and oxygen atoms in total. The van der Waals surface area contributed by atoms with Gasteiger partial charge in [0.2, 0.25) is 5.91 Å². The zero-order valence-electron chi connectivity index (χ0n) is 20.7. The van der Waals surface area contributed by atoms with Crippen LogP contribution in [-0.4, -0.2) is 69.4 Å². The monoisotopic (exact) mass is 419 g/mol. The van der Waals surface area contributed by atoms with Gasteiger partial charge in [0, 0.05) is 45.3 Å². The maximum absolute atomic E-state index is 13.1. The maximum atomic E-state index is 13.1. The van der Waals surface area contributed by atoms with Crippen LogP contribution in [0.15, 0.2) is 35.1 Å². The van der Waals surface area contributed by atoms with Gasteiger partial charge in [0.15, 0.2) is 0 Å². The van der Waals surface area contributed by atoms with Crippen LogP contribution in [0.3, 0.4) is 0 Å². The summed E-state index contributed by atoms with van der Waals surface area (Å²) in [5, 5.41) is 7.75. The number of aryl methyl sites for hydroxylation is 1. The van der Waals surface area contributed by atoms with Gasteiger partial charge in [-0.15, -0.1) is 0 Å². The highest BCUT2D eigenvalue weighted by molar-refractivity contribution is 5.94. The summed E-state index contributed by atoms with van der Waals surface area (Å²) in [6, 6.07) is 9.32. The molecule has 3 rings (SSSR count). The number of carbonyl (C=O) groups excluding carboxylic acids is 1. The van der Waals surface area contributed by atoms with Crippen molar-refractivity contribution in [1.29, 1.82) is 0 Å². The number of likely N-dealkylation sites (tertiary alicyclic amines) is 1. The molecule has 9 heteroatoms. The predicted octanol–water partition coefficient (Wildman–Crippen LogP) is 1.38. The standard InChI is InChI=1S/C21H32N6O3/c1-4-19(28)27(18-9-7-6-8-10-18)21(17-30-3)11-13-24(14-12-21)15-16-26-20(29)25(5-2)22-23-26/h6-10H,4-5,11-17H2,1-3H3/i3D3. The van der Waals surface area contributed by atoms with Crippen LogP contribution >= 0.6 is 0 Å². The topological polar surface area (TPSA) is 85.5 Å². The number of para-hydroxylation sites is 1. The maximum Gasteiger partial charge on any atom is 0.363 e. The fourth-order valence-electron chi connectivity index (χ4n) is 4.06. The first-order valence-electron chi connectivity index (χ1n) is 11.9. The van der Waals surface area contributed by atoms with Gasteiger partial charge < -0.3 is 14.5 Å². The Bertz CT molecular complexity index is 968.